The Kier molecular flexibility index (Phi) is 5.30. The Labute approximate surface area is 133 Å². The highest BCUT2D eigenvalue weighted by atomic mass is 19.1. The SMILES string of the molecule is CC(=O)Nc1cccc(NC(=O)[C@@H](C)Oc2ccc(F)cc2)c1. The lowest BCUT2D eigenvalue weighted by Crippen LogP contribution is -2.30. The monoisotopic (exact) mass is 316 g/mol. The van der Waals surface area contributed by atoms with Gasteiger partial charge in [-0.05, 0) is 49.4 Å². The van der Waals surface area contributed by atoms with E-state index in [0.717, 1.165) is 0 Å². The Bertz CT molecular complexity index is 701. The fourth-order valence-electron chi connectivity index (χ4n) is 1.89. The fourth-order valence-corrected chi connectivity index (χ4v) is 1.89. The minimum Gasteiger partial charge on any atom is -0.481 e. The molecule has 0 spiro atoms. The molecule has 23 heavy (non-hydrogen) atoms. The highest BCUT2D eigenvalue weighted by molar-refractivity contribution is 5.95. The van der Waals surface area contributed by atoms with Gasteiger partial charge in [-0.2, -0.15) is 0 Å². The minimum absolute atomic E-state index is 0.193. The van der Waals surface area contributed by atoms with Gasteiger partial charge < -0.3 is 15.4 Å². The molecule has 0 aliphatic rings. The molecular weight excluding hydrogens is 299 g/mol. The Morgan fingerprint density at radius 2 is 1.65 bits per heavy atom. The van der Waals surface area contributed by atoms with Gasteiger partial charge >= 0.3 is 0 Å². The zero-order chi connectivity index (χ0) is 16.8. The second-order valence-electron chi connectivity index (χ2n) is 4.97. The summed E-state index contributed by atoms with van der Waals surface area (Å²) in [5.74, 6) is -0.513. The number of carbonyl (C=O) groups is 2. The fraction of sp³-hybridized carbons (Fsp3) is 0.176. The first-order valence-corrected chi connectivity index (χ1v) is 7.05. The van der Waals surface area contributed by atoms with Crippen LogP contribution in [0.2, 0.25) is 0 Å². The lowest BCUT2D eigenvalue weighted by molar-refractivity contribution is -0.122. The minimum atomic E-state index is -0.759. The number of benzene rings is 2. The molecule has 0 saturated heterocycles. The molecule has 5 nitrogen and oxygen atoms in total. The second kappa shape index (κ2) is 7.40. The smallest absolute Gasteiger partial charge is 0.265 e. The van der Waals surface area contributed by atoms with Crippen LogP contribution in [0, 0.1) is 5.82 Å². The van der Waals surface area contributed by atoms with Crippen molar-refractivity contribution >= 4 is 23.2 Å². The molecule has 2 aromatic carbocycles. The third-order valence-corrected chi connectivity index (χ3v) is 2.95. The van der Waals surface area contributed by atoms with Crippen molar-refractivity contribution in [3.63, 3.8) is 0 Å². The molecule has 0 aromatic heterocycles. The van der Waals surface area contributed by atoms with E-state index in [1.54, 1.807) is 31.2 Å². The number of carbonyl (C=O) groups excluding carboxylic acids is 2. The number of hydrogen-bond acceptors (Lipinski definition) is 3. The first-order chi connectivity index (χ1) is 10.9. The van der Waals surface area contributed by atoms with E-state index in [1.165, 1.54) is 31.2 Å². The van der Waals surface area contributed by atoms with E-state index in [4.69, 9.17) is 4.74 Å². The summed E-state index contributed by atoms with van der Waals surface area (Å²) in [7, 11) is 0. The maximum Gasteiger partial charge on any atom is 0.265 e. The van der Waals surface area contributed by atoms with Gasteiger partial charge in [0.1, 0.15) is 11.6 Å². The van der Waals surface area contributed by atoms with Gasteiger partial charge in [-0.3, -0.25) is 9.59 Å². The van der Waals surface area contributed by atoms with Crippen LogP contribution in [0.3, 0.4) is 0 Å². The second-order valence-corrected chi connectivity index (χ2v) is 4.97. The molecule has 0 aliphatic heterocycles. The van der Waals surface area contributed by atoms with E-state index in [2.05, 4.69) is 10.6 Å². The van der Waals surface area contributed by atoms with E-state index < -0.39 is 6.10 Å². The molecule has 2 amide bonds. The van der Waals surface area contributed by atoms with E-state index in [1.807, 2.05) is 0 Å². The first-order valence-electron chi connectivity index (χ1n) is 7.05. The number of rotatable bonds is 5. The molecule has 0 fully saturated rings. The number of anilines is 2. The molecule has 0 radical (unpaired) electrons. The van der Waals surface area contributed by atoms with Gasteiger partial charge in [0, 0.05) is 18.3 Å². The molecule has 0 bridgehead atoms. The molecule has 0 heterocycles. The van der Waals surface area contributed by atoms with E-state index in [9.17, 15) is 14.0 Å². The van der Waals surface area contributed by atoms with E-state index >= 15 is 0 Å². The molecule has 0 unspecified atom stereocenters. The normalized spacial score (nSPS) is 11.4. The van der Waals surface area contributed by atoms with Gasteiger partial charge in [0.05, 0.1) is 0 Å². The average Bonchev–Trinajstić information content (AvgIpc) is 2.49. The Hall–Kier alpha value is -2.89. The Morgan fingerprint density at radius 1 is 1.04 bits per heavy atom. The number of nitrogens with one attached hydrogen (secondary N) is 2. The van der Waals surface area contributed by atoms with Crippen LogP contribution in [-0.4, -0.2) is 17.9 Å². The summed E-state index contributed by atoms with van der Waals surface area (Å²) in [6, 6.07) is 12.2. The first kappa shape index (κ1) is 16.5. The van der Waals surface area contributed by atoms with Crippen LogP contribution < -0.4 is 15.4 Å². The van der Waals surface area contributed by atoms with Crippen molar-refractivity contribution in [3.05, 3.63) is 54.3 Å². The van der Waals surface area contributed by atoms with Crippen LogP contribution in [0.5, 0.6) is 5.75 Å². The van der Waals surface area contributed by atoms with Crippen LogP contribution >= 0.6 is 0 Å². The van der Waals surface area contributed by atoms with Gasteiger partial charge in [0.25, 0.3) is 5.91 Å². The van der Waals surface area contributed by atoms with Crippen molar-refractivity contribution in [1.29, 1.82) is 0 Å². The molecule has 2 rings (SSSR count). The maximum atomic E-state index is 12.8. The molecule has 6 heteroatoms. The van der Waals surface area contributed by atoms with Crippen LogP contribution in [-0.2, 0) is 9.59 Å². The summed E-state index contributed by atoms with van der Waals surface area (Å²) < 4.78 is 18.3. The molecule has 2 N–H and O–H groups in total. The van der Waals surface area contributed by atoms with Crippen LogP contribution in [0.4, 0.5) is 15.8 Å². The van der Waals surface area contributed by atoms with Gasteiger partial charge in [0.2, 0.25) is 5.91 Å². The van der Waals surface area contributed by atoms with Crippen LogP contribution in [0.1, 0.15) is 13.8 Å². The number of amides is 2. The number of halogens is 1. The largest absolute Gasteiger partial charge is 0.481 e. The van der Waals surface area contributed by atoms with E-state index in [-0.39, 0.29) is 17.6 Å². The van der Waals surface area contributed by atoms with Crippen LogP contribution in [0.25, 0.3) is 0 Å². The molecule has 0 saturated carbocycles. The third kappa shape index (κ3) is 5.10. The van der Waals surface area contributed by atoms with Crippen molar-refractivity contribution in [3.8, 4) is 5.75 Å². The van der Waals surface area contributed by atoms with E-state index in [0.29, 0.717) is 17.1 Å². The molecule has 1 atom stereocenters. The summed E-state index contributed by atoms with van der Waals surface area (Å²) in [6.45, 7) is 3.00. The van der Waals surface area contributed by atoms with Gasteiger partial charge in [0.15, 0.2) is 6.10 Å². The highest BCUT2D eigenvalue weighted by Crippen LogP contribution is 2.17. The van der Waals surface area contributed by atoms with Gasteiger partial charge in [-0.15, -0.1) is 0 Å². The summed E-state index contributed by atoms with van der Waals surface area (Å²) in [5.41, 5.74) is 1.12. The van der Waals surface area contributed by atoms with Crippen molar-refractivity contribution in [2.75, 3.05) is 10.6 Å². The lowest BCUT2D eigenvalue weighted by atomic mass is 10.2. The Balaban J connectivity index is 1.97. The summed E-state index contributed by atoms with van der Waals surface area (Å²) in [4.78, 5) is 23.2. The lowest BCUT2D eigenvalue weighted by Gasteiger charge is -2.15. The average molecular weight is 316 g/mol. The Morgan fingerprint density at radius 3 is 2.26 bits per heavy atom. The zero-order valence-electron chi connectivity index (χ0n) is 12.8. The number of hydrogen-bond donors (Lipinski definition) is 2. The van der Waals surface area contributed by atoms with Gasteiger partial charge in [-0.1, -0.05) is 6.07 Å². The van der Waals surface area contributed by atoms with Crippen molar-refractivity contribution in [2.45, 2.75) is 20.0 Å². The summed E-state index contributed by atoms with van der Waals surface area (Å²) in [5, 5.41) is 5.33. The zero-order valence-corrected chi connectivity index (χ0v) is 12.8. The predicted octanol–water partition coefficient (Wildman–Crippen LogP) is 3.19. The molecule has 120 valence electrons. The maximum absolute atomic E-state index is 12.8. The van der Waals surface area contributed by atoms with Crippen LogP contribution in [0.15, 0.2) is 48.5 Å². The summed E-state index contributed by atoms with van der Waals surface area (Å²) in [6.07, 6.45) is -0.759. The van der Waals surface area contributed by atoms with Gasteiger partial charge in [-0.25, -0.2) is 4.39 Å². The highest BCUT2D eigenvalue weighted by Gasteiger charge is 2.15. The molecular formula is C17H17FN2O3. The standard InChI is InChI=1S/C17H17FN2O3/c1-11(23-16-8-6-13(18)7-9-16)17(22)20-15-5-3-4-14(10-15)19-12(2)21/h3-11H,1-2H3,(H,19,21)(H,20,22)/t11-/m1/s1. The quantitative estimate of drug-likeness (QED) is 0.890. The summed E-state index contributed by atoms with van der Waals surface area (Å²) >= 11 is 0. The van der Waals surface area contributed by atoms with Crippen molar-refractivity contribution in [2.24, 2.45) is 0 Å². The van der Waals surface area contributed by atoms with Crippen molar-refractivity contribution < 1.29 is 18.7 Å². The van der Waals surface area contributed by atoms with Crippen molar-refractivity contribution in [1.82, 2.24) is 0 Å². The topological polar surface area (TPSA) is 67.4 Å². The molecule has 0 aliphatic carbocycles. The predicted molar refractivity (Wildman–Crippen MR) is 85.9 cm³/mol. The molecule has 2 aromatic rings. The number of ether oxygens (including phenoxy) is 1. The third-order valence-electron chi connectivity index (χ3n) is 2.95.